The topological polar surface area (TPSA) is 80.0 Å². The molecule has 0 spiro atoms. The number of guanidine groups is 1. The minimum Gasteiger partial charge on any atom is -0.484 e. The molecule has 0 aromatic heterocycles. The van der Waals surface area contributed by atoms with Crippen molar-refractivity contribution >= 4 is 11.9 Å². The second-order valence-corrected chi connectivity index (χ2v) is 5.22. The molecule has 0 radical (unpaired) electrons. The zero-order valence-electron chi connectivity index (χ0n) is 13.1. The molecular weight excluding hydrogens is 268 g/mol. The van der Waals surface area contributed by atoms with E-state index in [4.69, 9.17) is 10.5 Å². The molecule has 0 aliphatic heterocycles. The lowest BCUT2D eigenvalue weighted by Crippen LogP contribution is -2.36. The predicted molar refractivity (Wildman–Crippen MR) is 84.2 cm³/mol. The summed E-state index contributed by atoms with van der Waals surface area (Å²) >= 11 is 0. The first-order valence-electron chi connectivity index (χ1n) is 6.87. The van der Waals surface area contributed by atoms with E-state index < -0.39 is 0 Å². The Bertz CT molecular complexity index is 498. The number of rotatable bonds is 6. The Morgan fingerprint density at radius 2 is 2.14 bits per heavy atom. The van der Waals surface area contributed by atoms with Crippen LogP contribution in [0.1, 0.15) is 19.4 Å². The first-order valence-corrected chi connectivity index (χ1v) is 6.87. The summed E-state index contributed by atoms with van der Waals surface area (Å²) < 4.78 is 5.45. The van der Waals surface area contributed by atoms with Gasteiger partial charge in [-0.3, -0.25) is 4.79 Å². The number of nitrogens with one attached hydrogen (secondary N) is 1. The number of amides is 1. The van der Waals surface area contributed by atoms with E-state index in [1.54, 1.807) is 14.1 Å². The van der Waals surface area contributed by atoms with E-state index in [1.165, 1.54) is 4.90 Å². The van der Waals surface area contributed by atoms with Gasteiger partial charge in [0.1, 0.15) is 5.75 Å². The number of nitrogens with zero attached hydrogens (tertiary/aromatic N) is 2. The van der Waals surface area contributed by atoms with Gasteiger partial charge in [0, 0.05) is 20.1 Å². The number of hydrogen-bond acceptors (Lipinski definition) is 3. The van der Waals surface area contributed by atoms with Crippen LogP contribution in [0.15, 0.2) is 29.3 Å². The van der Waals surface area contributed by atoms with E-state index in [1.807, 2.05) is 38.1 Å². The average molecular weight is 292 g/mol. The van der Waals surface area contributed by atoms with Crippen LogP contribution in [-0.4, -0.2) is 43.5 Å². The van der Waals surface area contributed by atoms with E-state index in [-0.39, 0.29) is 18.6 Å². The minimum absolute atomic E-state index is 0.0246. The Balaban J connectivity index is 2.58. The Morgan fingerprint density at radius 3 is 2.76 bits per heavy atom. The van der Waals surface area contributed by atoms with Crippen LogP contribution in [0.25, 0.3) is 0 Å². The maximum absolute atomic E-state index is 11.5. The zero-order chi connectivity index (χ0) is 15.8. The van der Waals surface area contributed by atoms with Crippen molar-refractivity contribution in [3.8, 4) is 5.75 Å². The summed E-state index contributed by atoms with van der Waals surface area (Å²) in [4.78, 5) is 17.2. The number of likely N-dealkylation sites (N-methyl/N-ethyl adjacent to an activating group) is 1. The van der Waals surface area contributed by atoms with Crippen LogP contribution in [0.2, 0.25) is 0 Å². The van der Waals surface area contributed by atoms with Gasteiger partial charge in [0.15, 0.2) is 12.6 Å². The summed E-state index contributed by atoms with van der Waals surface area (Å²) in [6.07, 6.45) is 0. The van der Waals surface area contributed by atoms with Crippen molar-refractivity contribution in [2.24, 2.45) is 10.7 Å². The monoisotopic (exact) mass is 292 g/mol. The fraction of sp³-hybridized carbons (Fsp3) is 0.467. The molecule has 0 heterocycles. The molecule has 0 aliphatic carbocycles. The van der Waals surface area contributed by atoms with Crippen LogP contribution in [0.4, 0.5) is 0 Å². The lowest BCUT2D eigenvalue weighted by molar-refractivity contribution is -0.130. The lowest BCUT2D eigenvalue weighted by Gasteiger charge is -2.12. The number of carbonyl (C=O) groups is 1. The fourth-order valence-electron chi connectivity index (χ4n) is 1.53. The van der Waals surface area contributed by atoms with Gasteiger partial charge in [0.25, 0.3) is 5.91 Å². The first-order chi connectivity index (χ1) is 9.88. The highest BCUT2D eigenvalue weighted by Gasteiger charge is 2.05. The van der Waals surface area contributed by atoms with Crippen molar-refractivity contribution in [2.45, 2.75) is 26.4 Å². The molecule has 1 rings (SSSR count). The van der Waals surface area contributed by atoms with Gasteiger partial charge >= 0.3 is 0 Å². The van der Waals surface area contributed by atoms with Gasteiger partial charge in [-0.05, 0) is 31.5 Å². The molecule has 1 amide bonds. The van der Waals surface area contributed by atoms with Gasteiger partial charge in [-0.25, -0.2) is 4.99 Å². The smallest absolute Gasteiger partial charge is 0.259 e. The van der Waals surface area contributed by atoms with Crippen LogP contribution < -0.4 is 15.8 Å². The van der Waals surface area contributed by atoms with Crippen LogP contribution >= 0.6 is 0 Å². The summed E-state index contributed by atoms with van der Waals surface area (Å²) in [6, 6.07) is 7.72. The number of ether oxygens (including phenoxy) is 1. The van der Waals surface area contributed by atoms with Crippen molar-refractivity contribution in [1.29, 1.82) is 0 Å². The predicted octanol–water partition coefficient (Wildman–Crippen LogP) is 0.966. The molecular formula is C15H24N4O2. The first kappa shape index (κ1) is 16.8. The third kappa shape index (κ3) is 6.65. The lowest BCUT2D eigenvalue weighted by atomic mass is 10.2. The molecule has 116 valence electrons. The largest absolute Gasteiger partial charge is 0.484 e. The van der Waals surface area contributed by atoms with Crippen molar-refractivity contribution in [2.75, 3.05) is 20.7 Å². The fourth-order valence-corrected chi connectivity index (χ4v) is 1.53. The van der Waals surface area contributed by atoms with Crippen LogP contribution in [0.3, 0.4) is 0 Å². The SMILES string of the molecule is CC(C)NC(N)=NCc1cccc(OCC(=O)N(C)C)c1. The highest BCUT2D eigenvalue weighted by molar-refractivity contribution is 5.78. The summed E-state index contributed by atoms with van der Waals surface area (Å²) in [5, 5.41) is 3.03. The van der Waals surface area contributed by atoms with Gasteiger partial charge < -0.3 is 20.7 Å². The number of hydrogen-bond donors (Lipinski definition) is 2. The zero-order valence-corrected chi connectivity index (χ0v) is 13.1. The standard InChI is InChI=1S/C15H24N4O2/c1-11(2)18-15(16)17-9-12-6-5-7-13(8-12)21-10-14(20)19(3)4/h5-8,11H,9-10H2,1-4H3,(H3,16,17,18). The maximum Gasteiger partial charge on any atom is 0.259 e. The highest BCUT2D eigenvalue weighted by Crippen LogP contribution is 2.14. The maximum atomic E-state index is 11.5. The summed E-state index contributed by atoms with van der Waals surface area (Å²) in [5.41, 5.74) is 6.72. The van der Waals surface area contributed by atoms with Crippen molar-refractivity contribution in [3.63, 3.8) is 0 Å². The Kier molecular flexibility index (Phi) is 6.52. The molecule has 0 fully saturated rings. The second-order valence-electron chi connectivity index (χ2n) is 5.22. The number of benzene rings is 1. The minimum atomic E-state index is -0.0798. The van der Waals surface area contributed by atoms with Gasteiger partial charge in [-0.1, -0.05) is 12.1 Å². The van der Waals surface area contributed by atoms with Gasteiger partial charge in [-0.15, -0.1) is 0 Å². The second kappa shape index (κ2) is 8.14. The molecule has 6 heteroatoms. The van der Waals surface area contributed by atoms with E-state index in [0.717, 1.165) is 5.56 Å². The van der Waals surface area contributed by atoms with E-state index in [9.17, 15) is 4.79 Å². The van der Waals surface area contributed by atoms with Crippen molar-refractivity contribution in [3.05, 3.63) is 29.8 Å². The third-order valence-electron chi connectivity index (χ3n) is 2.63. The normalized spacial score (nSPS) is 11.4. The van der Waals surface area contributed by atoms with Crippen LogP contribution in [-0.2, 0) is 11.3 Å². The third-order valence-corrected chi connectivity index (χ3v) is 2.63. The van der Waals surface area contributed by atoms with Crippen LogP contribution in [0, 0.1) is 0 Å². The molecule has 0 aliphatic rings. The Morgan fingerprint density at radius 1 is 1.43 bits per heavy atom. The molecule has 0 saturated carbocycles. The van der Waals surface area contributed by atoms with E-state index in [0.29, 0.717) is 18.3 Å². The van der Waals surface area contributed by atoms with Crippen molar-refractivity contribution in [1.82, 2.24) is 10.2 Å². The average Bonchev–Trinajstić information content (AvgIpc) is 2.42. The molecule has 0 unspecified atom stereocenters. The molecule has 1 aromatic rings. The number of nitrogens with two attached hydrogens (primary N) is 1. The molecule has 6 nitrogen and oxygen atoms in total. The molecule has 0 saturated heterocycles. The number of aliphatic imine (C=N–C) groups is 1. The number of carbonyl (C=O) groups excluding carboxylic acids is 1. The summed E-state index contributed by atoms with van der Waals surface area (Å²) in [7, 11) is 3.39. The molecule has 3 N–H and O–H groups in total. The summed E-state index contributed by atoms with van der Waals surface area (Å²) in [5.74, 6) is 0.983. The Labute approximate surface area is 126 Å². The Hall–Kier alpha value is -2.24. The van der Waals surface area contributed by atoms with Gasteiger partial charge in [0.2, 0.25) is 0 Å². The molecule has 0 bridgehead atoms. The molecule has 1 aromatic carbocycles. The van der Waals surface area contributed by atoms with E-state index >= 15 is 0 Å². The van der Waals surface area contributed by atoms with Gasteiger partial charge in [-0.2, -0.15) is 0 Å². The molecule has 21 heavy (non-hydrogen) atoms. The van der Waals surface area contributed by atoms with Crippen LogP contribution in [0.5, 0.6) is 5.75 Å². The quantitative estimate of drug-likeness (QED) is 0.605. The van der Waals surface area contributed by atoms with E-state index in [2.05, 4.69) is 10.3 Å². The molecule has 0 atom stereocenters. The van der Waals surface area contributed by atoms with Gasteiger partial charge in [0.05, 0.1) is 6.54 Å². The summed E-state index contributed by atoms with van der Waals surface area (Å²) in [6.45, 7) is 4.48. The van der Waals surface area contributed by atoms with Crippen molar-refractivity contribution < 1.29 is 9.53 Å². The highest BCUT2D eigenvalue weighted by atomic mass is 16.5.